The molecule has 0 aliphatic heterocycles. The first-order chi connectivity index (χ1) is 11.4. The molecule has 0 aliphatic rings. The van der Waals surface area contributed by atoms with E-state index in [9.17, 15) is 0 Å². The fraction of sp³-hybridized carbons (Fsp3) is 0.0952. The number of hydrogen-bond acceptors (Lipinski definition) is 1. The number of aromatic nitrogens is 2. The zero-order valence-electron chi connectivity index (χ0n) is 13.1. The quantitative estimate of drug-likeness (QED) is 0.505. The number of rotatable bonds is 3. The van der Waals surface area contributed by atoms with Crippen LogP contribution >= 0.6 is 0 Å². The number of para-hydroxylation sites is 3. The second-order valence-corrected chi connectivity index (χ2v) is 5.65. The van der Waals surface area contributed by atoms with E-state index in [1.54, 1.807) is 0 Å². The van der Waals surface area contributed by atoms with Gasteiger partial charge in [0.25, 0.3) is 0 Å². The third-order valence-electron chi connectivity index (χ3n) is 4.20. The maximum absolute atomic E-state index is 4.88. The smallest absolute Gasteiger partial charge is 0.145 e. The minimum Gasteiger partial charge on any atom is -0.292 e. The molecule has 0 fully saturated rings. The zero-order chi connectivity index (χ0) is 15.6. The molecule has 4 rings (SSSR count). The van der Waals surface area contributed by atoms with Crippen molar-refractivity contribution in [3.05, 3.63) is 84.4 Å². The predicted octanol–water partition coefficient (Wildman–Crippen LogP) is 5.25. The van der Waals surface area contributed by atoms with Gasteiger partial charge in [-0.05, 0) is 36.2 Å². The molecule has 0 aliphatic carbocycles. The molecule has 23 heavy (non-hydrogen) atoms. The molecule has 1 heterocycles. The van der Waals surface area contributed by atoms with Gasteiger partial charge in [-0.3, -0.25) is 4.57 Å². The molecule has 0 saturated carbocycles. The van der Waals surface area contributed by atoms with Gasteiger partial charge in [0.05, 0.1) is 11.0 Å². The fourth-order valence-electron chi connectivity index (χ4n) is 2.95. The Morgan fingerprint density at radius 2 is 1.48 bits per heavy atom. The number of aryl methyl sites for hydroxylation is 1. The van der Waals surface area contributed by atoms with Crippen LogP contribution in [0.5, 0.6) is 0 Å². The van der Waals surface area contributed by atoms with Crippen LogP contribution in [0.25, 0.3) is 28.1 Å². The predicted molar refractivity (Wildman–Crippen MR) is 95.9 cm³/mol. The van der Waals surface area contributed by atoms with Crippen LogP contribution in [0.15, 0.2) is 78.9 Å². The summed E-state index contributed by atoms with van der Waals surface area (Å²) < 4.78 is 2.23. The Morgan fingerprint density at radius 3 is 2.22 bits per heavy atom. The van der Waals surface area contributed by atoms with Gasteiger partial charge in [-0.1, -0.05) is 61.5 Å². The molecule has 2 nitrogen and oxygen atoms in total. The van der Waals surface area contributed by atoms with Crippen molar-refractivity contribution < 1.29 is 0 Å². The summed E-state index contributed by atoms with van der Waals surface area (Å²) >= 11 is 0. The molecule has 4 aromatic rings. The van der Waals surface area contributed by atoms with E-state index < -0.39 is 0 Å². The van der Waals surface area contributed by atoms with Crippen molar-refractivity contribution in [1.82, 2.24) is 9.55 Å². The summed E-state index contributed by atoms with van der Waals surface area (Å²) in [5.74, 6) is 0.986. The Balaban J connectivity index is 1.98. The maximum atomic E-state index is 4.88. The summed E-state index contributed by atoms with van der Waals surface area (Å²) in [5, 5.41) is 0. The number of benzene rings is 3. The van der Waals surface area contributed by atoms with Gasteiger partial charge in [0.15, 0.2) is 0 Å². The number of imidazole rings is 1. The van der Waals surface area contributed by atoms with E-state index >= 15 is 0 Å². The third-order valence-corrected chi connectivity index (χ3v) is 4.20. The highest BCUT2D eigenvalue weighted by molar-refractivity contribution is 5.83. The molecule has 0 unspecified atom stereocenters. The highest BCUT2D eigenvalue weighted by Gasteiger charge is 2.13. The molecule has 2 heteroatoms. The van der Waals surface area contributed by atoms with Crippen LogP contribution in [0.3, 0.4) is 0 Å². The molecular weight excluding hydrogens is 280 g/mol. The maximum Gasteiger partial charge on any atom is 0.145 e. The largest absolute Gasteiger partial charge is 0.292 e. The Hall–Kier alpha value is -2.87. The number of hydrogen-bond donors (Lipinski definition) is 0. The van der Waals surface area contributed by atoms with Gasteiger partial charge in [-0.15, -0.1) is 0 Å². The summed E-state index contributed by atoms with van der Waals surface area (Å²) in [6.07, 6.45) is 1.05. The molecule has 3 aromatic carbocycles. The minimum absolute atomic E-state index is 0.986. The molecule has 112 valence electrons. The molecule has 0 atom stereocenters. The lowest BCUT2D eigenvalue weighted by Crippen LogP contribution is -1.97. The number of nitrogens with zero attached hydrogens (tertiary/aromatic N) is 2. The Bertz CT molecular complexity index is 935. The van der Waals surface area contributed by atoms with Crippen LogP contribution in [0, 0.1) is 0 Å². The van der Waals surface area contributed by atoms with E-state index in [-0.39, 0.29) is 0 Å². The lowest BCUT2D eigenvalue weighted by Gasteiger charge is -2.09. The van der Waals surface area contributed by atoms with Crippen molar-refractivity contribution in [2.24, 2.45) is 0 Å². The van der Waals surface area contributed by atoms with Gasteiger partial charge in [0.2, 0.25) is 0 Å². The van der Waals surface area contributed by atoms with Crippen molar-refractivity contribution in [3.8, 4) is 17.1 Å². The molecule has 0 saturated heterocycles. The second kappa shape index (κ2) is 5.73. The van der Waals surface area contributed by atoms with Gasteiger partial charge in [-0.2, -0.15) is 0 Å². The van der Waals surface area contributed by atoms with Gasteiger partial charge < -0.3 is 0 Å². The molecule has 0 radical (unpaired) electrons. The van der Waals surface area contributed by atoms with E-state index in [4.69, 9.17) is 4.98 Å². The molecule has 0 bridgehead atoms. The average molecular weight is 298 g/mol. The van der Waals surface area contributed by atoms with E-state index in [2.05, 4.69) is 78.2 Å². The second-order valence-electron chi connectivity index (χ2n) is 5.65. The van der Waals surface area contributed by atoms with Gasteiger partial charge in [0.1, 0.15) is 5.82 Å². The van der Waals surface area contributed by atoms with Crippen LogP contribution in [0.2, 0.25) is 0 Å². The topological polar surface area (TPSA) is 17.8 Å². The van der Waals surface area contributed by atoms with Crippen LogP contribution in [0.4, 0.5) is 0 Å². The van der Waals surface area contributed by atoms with E-state index in [0.717, 1.165) is 34.5 Å². The van der Waals surface area contributed by atoms with Crippen LogP contribution in [-0.2, 0) is 6.42 Å². The van der Waals surface area contributed by atoms with Gasteiger partial charge >= 0.3 is 0 Å². The summed E-state index contributed by atoms with van der Waals surface area (Å²) in [5.41, 5.74) is 5.77. The normalized spacial score (nSPS) is 11.0. The fourth-order valence-corrected chi connectivity index (χ4v) is 2.95. The average Bonchev–Trinajstić information content (AvgIpc) is 3.02. The number of fused-ring (bicyclic) bond motifs is 1. The molecule has 1 aromatic heterocycles. The van der Waals surface area contributed by atoms with Crippen LogP contribution < -0.4 is 0 Å². The summed E-state index contributed by atoms with van der Waals surface area (Å²) in [4.78, 5) is 4.88. The third kappa shape index (κ3) is 2.42. The summed E-state index contributed by atoms with van der Waals surface area (Å²) in [6, 6.07) is 27.4. The molecular formula is C21H18N2. The van der Waals surface area contributed by atoms with Crippen molar-refractivity contribution in [2.45, 2.75) is 13.3 Å². The van der Waals surface area contributed by atoms with E-state index in [1.807, 2.05) is 12.1 Å². The molecule has 0 N–H and O–H groups in total. The van der Waals surface area contributed by atoms with Crippen molar-refractivity contribution >= 4 is 11.0 Å². The van der Waals surface area contributed by atoms with Crippen LogP contribution in [-0.4, -0.2) is 9.55 Å². The Labute approximate surface area is 136 Å². The van der Waals surface area contributed by atoms with Crippen molar-refractivity contribution in [3.63, 3.8) is 0 Å². The van der Waals surface area contributed by atoms with Crippen LogP contribution in [0.1, 0.15) is 12.5 Å². The Kier molecular flexibility index (Phi) is 3.43. The first-order valence-corrected chi connectivity index (χ1v) is 7.99. The lowest BCUT2D eigenvalue weighted by atomic mass is 10.1. The standard InChI is InChI=1S/C21H18N2/c1-2-16-12-14-17(15-13-16)21-22-19-10-6-7-11-20(19)23(21)18-8-4-3-5-9-18/h3-15H,2H2,1H3. The molecule has 0 amide bonds. The van der Waals surface area contributed by atoms with Gasteiger partial charge in [-0.25, -0.2) is 4.98 Å². The first kappa shape index (κ1) is 13.8. The zero-order valence-corrected chi connectivity index (χ0v) is 13.1. The van der Waals surface area contributed by atoms with E-state index in [0.29, 0.717) is 0 Å². The Morgan fingerprint density at radius 1 is 0.783 bits per heavy atom. The van der Waals surface area contributed by atoms with Crippen molar-refractivity contribution in [2.75, 3.05) is 0 Å². The van der Waals surface area contributed by atoms with Crippen molar-refractivity contribution in [1.29, 1.82) is 0 Å². The lowest BCUT2D eigenvalue weighted by molar-refractivity contribution is 1.10. The first-order valence-electron chi connectivity index (χ1n) is 7.99. The summed E-state index contributed by atoms with van der Waals surface area (Å²) in [7, 11) is 0. The highest BCUT2D eigenvalue weighted by Crippen LogP contribution is 2.28. The highest BCUT2D eigenvalue weighted by atomic mass is 15.1. The monoisotopic (exact) mass is 298 g/mol. The SMILES string of the molecule is CCc1ccc(-c2nc3ccccc3n2-c2ccccc2)cc1. The molecule has 0 spiro atoms. The minimum atomic E-state index is 0.986. The summed E-state index contributed by atoms with van der Waals surface area (Å²) in [6.45, 7) is 2.17. The van der Waals surface area contributed by atoms with Gasteiger partial charge in [0, 0.05) is 11.3 Å². The van der Waals surface area contributed by atoms with E-state index in [1.165, 1.54) is 5.56 Å².